The average molecular weight is 307 g/mol. The van der Waals surface area contributed by atoms with E-state index in [-0.39, 0.29) is 5.82 Å². The molecule has 0 bridgehead atoms. The van der Waals surface area contributed by atoms with Gasteiger partial charge in [0.15, 0.2) is 12.1 Å². The molecule has 22 heavy (non-hydrogen) atoms. The van der Waals surface area contributed by atoms with Crippen molar-refractivity contribution in [2.24, 2.45) is 0 Å². The molecule has 8 heteroatoms. The van der Waals surface area contributed by atoms with Gasteiger partial charge in [-0.05, 0) is 5.56 Å². The maximum Gasteiger partial charge on any atom is 0.183 e. The van der Waals surface area contributed by atoms with Crippen LogP contribution in [0.15, 0.2) is 36.7 Å². The van der Waals surface area contributed by atoms with Crippen molar-refractivity contribution in [1.29, 1.82) is 0 Å². The highest BCUT2D eigenvalue weighted by molar-refractivity contribution is 5.21. The zero-order valence-electron chi connectivity index (χ0n) is 11.6. The maximum atomic E-state index is 10.2. The van der Waals surface area contributed by atoms with E-state index in [2.05, 4.69) is 10.1 Å². The van der Waals surface area contributed by atoms with Crippen LogP contribution in [0.5, 0.6) is 0 Å². The van der Waals surface area contributed by atoms with Crippen molar-refractivity contribution < 1.29 is 25.2 Å². The van der Waals surface area contributed by atoms with Gasteiger partial charge >= 0.3 is 0 Å². The molecule has 1 unspecified atom stereocenters. The first-order chi connectivity index (χ1) is 10.6. The van der Waals surface area contributed by atoms with Gasteiger partial charge in [0, 0.05) is 0 Å². The molecule has 0 saturated carbocycles. The fourth-order valence-corrected chi connectivity index (χ4v) is 2.42. The van der Waals surface area contributed by atoms with Crippen LogP contribution in [0.3, 0.4) is 0 Å². The summed E-state index contributed by atoms with van der Waals surface area (Å²) in [5, 5.41) is 43.1. The van der Waals surface area contributed by atoms with Crippen LogP contribution >= 0.6 is 0 Å². The first-order valence-electron chi connectivity index (χ1n) is 6.88. The molecule has 0 spiro atoms. The highest BCUT2D eigenvalue weighted by Crippen LogP contribution is 2.29. The molecule has 1 aliphatic rings. The van der Waals surface area contributed by atoms with Crippen LogP contribution in [0.4, 0.5) is 0 Å². The van der Waals surface area contributed by atoms with Crippen LogP contribution in [0.25, 0.3) is 0 Å². The first-order valence-corrected chi connectivity index (χ1v) is 6.88. The maximum absolute atomic E-state index is 10.2. The van der Waals surface area contributed by atoms with E-state index >= 15 is 0 Å². The summed E-state index contributed by atoms with van der Waals surface area (Å²) < 4.78 is 6.58. The predicted molar refractivity (Wildman–Crippen MR) is 73.5 cm³/mol. The second kappa shape index (κ2) is 6.11. The summed E-state index contributed by atoms with van der Waals surface area (Å²) in [5.41, 5.74) is 0.640. The minimum absolute atomic E-state index is 0.156. The van der Waals surface area contributed by atoms with Gasteiger partial charge < -0.3 is 25.2 Å². The summed E-state index contributed by atoms with van der Waals surface area (Å²) in [6.07, 6.45) is -3.98. The lowest BCUT2D eigenvalue weighted by atomic mass is 10.1. The number of hydrogen-bond acceptors (Lipinski definition) is 7. The van der Waals surface area contributed by atoms with Crippen molar-refractivity contribution in [3.8, 4) is 0 Å². The Morgan fingerprint density at radius 2 is 1.91 bits per heavy atom. The molecule has 5 atom stereocenters. The minimum Gasteiger partial charge on any atom is -0.394 e. The Hall–Kier alpha value is -1.84. The Bertz CT molecular complexity index is 620. The second-order valence-electron chi connectivity index (χ2n) is 5.12. The zero-order chi connectivity index (χ0) is 15.7. The third kappa shape index (κ3) is 2.62. The number of aliphatic hydroxyl groups excluding tert-OH is 4. The molecule has 1 saturated heterocycles. The Kier molecular flexibility index (Phi) is 4.19. The highest BCUT2D eigenvalue weighted by Gasteiger charge is 2.44. The van der Waals surface area contributed by atoms with E-state index in [0.717, 1.165) is 0 Å². The van der Waals surface area contributed by atoms with Gasteiger partial charge in [0.05, 0.1) is 6.61 Å². The monoisotopic (exact) mass is 307 g/mol. The molecule has 1 aromatic carbocycles. The molecule has 118 valence electrons. The minimum atomic E-state index is -1.24. The number of aliphatic hydroxyl groups is 4. The molecule has 8 nitrogen and oxygen atoms in total. The summed E-state index contributed by atoms with van der Waals surface area (Å²) in [6, 6.07) is 8.92. The summed E-state index contributed by atoms with van der Waals surface area (Å²) in [5.74, 6) is 0.156. The van der Waals surface area contributed by atoms with Gasteiger partial charge in [0.25, 0.3) is 0 Å². The average Bonchev–Trinajstić information content (AvgIpc) is 3.14. The van der Waals surface area contributed by atoms with Gasteiger partial charge in [-0.1, -0.05) is 30.3 Å². The van der Waals surface area contributed by atoms with Crippen LogP contribution in [-0.2, 0) is 4.74 Å². The van der Waals surface area contributed by atoms with Crippen LogP contribution < -0.4 is 0 Å². The molecule has 1 aliphatic heterocycles. The van der Waals surface area contributed by atoms with Gasteiger partial charge in [-0.25, -0.2) is 9.67 Å². The third-order valence-electron chi connectivity index (χ3n) is 3.66. The van der Waals surface area contributed by atoms with Crippen LogP contribution in [0.2, 0.25) is 0 Å². The van der Waals surface area contributed by atoms with Gasteiger partial charge in [0.2, 0.25) is 0 Å². The topological polar surface area (TPSA) is 121 Å². The van der Waals surface area contributed by atoms with Crippen LogP contribution in [0.1, 0.15) is 23.7 Å². The van der Waals surface area contributed by atoms with Crippen molar-refractivity contribution in [1.82, 2.24) is 14.8 Å². The van der Waals surface area contributed by atoms with Crippen LogP contribution in [-0.4, -0.2) is 60.1 Å². The van der Waals surface area contributed by atoms with Gasteiger partial charge in [-0.3, -0.25) is 0 Å². The lowest BCUT2D eigenvalue weighted by Crippen LogP contribution is -2.33. The van der Waals surface area contributed by atoms with Crippen LogP contribution in [0, 0.1) is 0 Å². The fraction of sp³-hybridized carbons (Fsp3) is 0.429. The first kappa shape index (κ1) is 15.1. The molecule has 3 rings (SSSR count). The number of nitrogens with zero attached hydrogens (tertiary/aromatic N) is 3. The molecule has 2 heterocycles. The van der Waals surface area contributed by atoms with Crippen molar-refractivity contribution in [2.75, 3.05) is 6.61 Å². The van der Waals surface area contributed by atoms with Gasteiger partial charge in [0.1, 0.15) is 30.7 Å². The number of ether oxygens (including phenoxy) is 1. The molecule has 1 fully saturated rings. The Morgan fingerprint density at radius 1 is 1.18 bits per heavy atom. The van der Waals surface area contributed by atoms with E-state index < -0.39 is 37.3 Å². The number of hydrogen-bond donors (Lipinski definition) is 4. The van der Waals surface area contributed by atoms with Crippen molar-refractivity contribution in [3.63, 3.8) is 0 Å². The summed E-state index contributed by atoms with van der Waals surface area (Å²) in [6.45, 7) is -0.414. The van der Waals surface area contributed by atoms with E-state index in [0.29, 0.717) is 5.56 Å². The standard InChI is InChI=1S/C14H17N3O5/c18-6-9-11(20)12(21)14(22-9)17-7-15-13(16-17)10(19)8-4-2-1-3-5-8/h1-5,7,9-12,14,18-21H,6H2/t9-,10?,11-,12-,14-/m1/s1. The fourth-order valence-electron chi connectivity index (χ4n) is 2.42. The zero-order valence-corrected chi connectivity index (χ0v) is 11.6. The third-order valence-corrected chi connectivity index (χ3v) is 3.66. The van der Waals surface area contributed by atoms with E-state index in [1.165, 1.54) is 11.0 Å². The lowest BCUT2D eigenvalue weighted by molar-refractivity contribution is -0.0591. The quantitative estimate of drug-likeness (QED) is 0.570. The van der Waals surface area contributed by atoms with E-state index in [9.17, 15) is 15.3 Å². The Labute approximate surface area is 126 Å². The van der Waals surface area contributed by atoms with Crippen molar-refractivity contribution in [2.45, 2.75) is 30.6 Å². The van der Waals surface area contributed by atoms with E-state index in [4.69, 9.17) is 9.84 Å². The molecule has 0 aliphatic carbocycles. The predicted octanol–water partition coefficient (Wildman–Crippen LogP) is -1.03. The Balaban J connectivity index is 1.80. The molecule has 1 aromatic heterocycles. The second-order valence-corrected chi connectivity index (χ2v) is 5.12. The van der Waals surface area contributed by atoms with Gasteiger partial charge in [-0.2, -0.15) is 5.10 Å². The Morgan fingerprint density at radius 3 is 2.55 bits per heavy atom. The molecular weight excluding hydrogens is 290 g/mol. The summed E-state index contributed by atoms with van der Waals surface area (Å²) in [7, 11) is 0. The summed E-state index contributed by atoms with van der Waals surface area (Å²) in [4.78, 5) is 4.01. The van der Waals surface area contributed by atoms with Crippen molar-refractivity contribution >= 4 is 0 Å². The largest absolute Gasteiger partial charge is 0.394 e. The van der Waals surface area contributed by atoms with Gasteiger partial charge in [-0.15, -0.1) is 0 Å². The summed E-state index contributed by atoms with van der Waals surface area (Å²) >= 11 is 0. The highest BCUT2D eigenvalue weighted by atomic mass is 16.6. The molecule has 0 amide bonds. The molecule has 4 N–H and O–H groups in total. The number of rotatable bonds is 4. The normalized spacial score (nSPS) is 29.6. The molecule has 0 radical (unpaired) electrons. The van der Waals surface area contributed by atoms with Crippen molar-refractivity contribution in [3.05, 3.63) is 48.0 Å². The number of benzene rings is 1. The smallest absolute Gasteiger partial charge is 0.183 e. The number of aromatic nitrogens is 3. The molecule has 2 aromatic rings. The lowest BCUT2D eigenvalue weighted by Gasteiger charge is -2.14. The SMILES string of the molecule is OC[C@H]1O[C@@H](n2cnc(C(O)c3ccccc3)n2)[C@H](O)[C@@H]1O. The van der Waals surface area contributed by atoms with E-state index in [1.54, 1.807) is 24.3 Å². The van der Waals surface area contributed by atoms with E-state index in [1.807, 2.05) is 6.07 Å². The molecular formula is C14H17N3O5.